The summed E-state index contributed by atoms with van der Waals surface area (Å²) < 4.78 is 0. The first-order chi connectivity index (χ1) is 5.33. The first-order valence-electron chi connectivity index (χ1n) is 3.02. The Bertz CT molecular complexity index is 218. The standard InChI is InChI=1S/C7H7NO.CH2O/c1-6-2-4-7(8-9)5-3-6;1-2/h2-5H,1H3;1H2. The molecule has 0 aliphatic rings. The summed E-state index contributed by atoms with van der Waals surface area (Å²) in [6, 6.07) is 7.11. The Labute approximate surface area is 65.0 Å². The lowest BCUT2D eigenvalue weighted by atomic mass is 10.2. The molecule has 58 valence electrons. The van der Waals surface area contributed by atoms with Crippen molar-refractivity contribution in [2.75, 3.05) is 0 Å². The SMILES string of the molecule is C=O.Cc1ccc(N=O)cc1. The summed E-state index contributed by atoms with van der Waals surface area (Å²) in [6.45, 7) is 3.97. The molecule has 11 heavy (non-hydrogen) atoms. The van der Waals surface area contributed by atoms with Crippen LogP contribution in [-0.2, 0) is 4.79 Å². The quantitative estimate of drug-likeness (QED) is 0.577. The molecule has 0 aliphatic carbocycles. The fraction of sp³-hybridized carbons (Fsp3) is 0.125. The van der Waals surface area contributed by atoms with E-state index in [2.05, 4.69) is 5.18 Å². The second kappa shape index (κ2) is 5.29. The van der Waals surface area contributed by atoms with Crippen LogP contribution in [-0.4, -0.2) is 6.79 Å². The van der Waals surface area contributed by atoms with Gasteiger partial charge in [-0.3, -0.25) is 0 Å². The molecular weight excluding hydrogens is 142 g/mol. The minimum atomic E-state index is 0.487. The molecule has 0 atom stereocenters. The Kier molecular flexibility index (Phi) is 4.56. The first kappa shape index (κ1) is 9.49. The van der Waals surface area contributed by atoms with Gasteiger partial charge in [0.1, 0.15) is 12.5 Å². The molecule has 0 aromatic heterocycles. The van der Waals surface area contributed by atoms with Crippen molar-refractivity contribution in [1.82, 2.24) is 0 Å². The van der Waals surface area contributed by atoms with Crippen LogP contribution in [0.25, 0.3) is 0 Å². The van der Waals surface area contributed by atoms with Crippen LogP contribution in [0.1, 0.15) is 5.56 Å². The van der Waals surface area contributed by atoms with Gasteiger partial charge in [-0.1, -0.05) is 17.7 Å². The predicted molar refractivity (Wildman–Crippen MR) is 43.8 cm³/mol. The molecule has 0 aliphatic heterocycles. The first-order valence-corrected chi connectivity index (χ1v) is 3.02. The van der Waals surface area contributed by atoms with Gasteiger partial charge in [-0.25, -0.2) is 0 Å². The largest absolute Gasteiger partial charge is 0.307 e. The van der Waals surface area contributed by atoms with E-state index in [-0.39, 0.29) is 0 Å². The van der Waals surface area contributed by atoms with Crippen molar-refractivity contribution in [2.24, 2.45) is 5.18 Å². The van der Waals surface area contributed by atoms with Gasteiger partial charge in [-0.05, 0) is 24.2 Å². The maximum Gasteiger partial charge on any atom is 0.108 e. The van der Waals surface area contributed by atoms with E-state index < -0.39 is 0 Å². The normalized spacial score (nSPS) is 7.73. The lowest BCUT2D eigenvalue weighted by Gasteiger charge is -1.88. The van der Waals surface area contributed by atoms with Gasteiger partial charge in [0.15, 0.2) is 0 Å². The number of carbonyl (C=O) groups is 1. The van der Waals surface area contributed by atoms with Crippen molar-refractivity contribution in [3.8, 4) is 0 Å². The lowest BCUT2D eigenvalue weighted by molar-refractivity contribution is -0.0979. The molecule has 1 rings (SSSR count). The van der Waals surface area contributed by atoms with Crippen molar-refractivity contribution >= 4 is 12.5 Å². The van der Waals surface area contributed by atoms with Crippen molar-refractivity contribution in [2.45, 2.75) is 6.92 Å². The van der Waals surface area contributed by atoms with E-state index in [1.54, 1.807) is 12.1 Å². The number of benzene rings is 1. The van der Waals surface area contributed by atoms with Crippen LogP contribution in [0.3, 0.4) is 0 Å². The number of nitrogens with zero attached hydrogens (tertiary/aromatic N) is 1. The summed E-state index contributed by atoms with van der Waals surface area (Å²) in [6.07, 6.45) is 0. The molecule has 0 radical (unpaired) electrons. The highest BCUT2D eigenvalue weighted by Crippen LogP contribution is 2.10. The summed E-state index contributed by atoms with van der Waals surface area (Å²) in [5, 5.41) is 2.76. The molecule has 0 saturated heterocycles. The third kappa shape index (κ3) is 3.25. The highest BCUT2D eigenvalue weighted by atomic mass is 16.3. The molecule has 1 aromatic rings. The molecule has 0 spiro atoms. The van der Waals surface area contributed by atoms with E-state index in [0.29, 0.717) is 5.69 Å². The van der Waals surface area contributed by atoms with Crippen LogP contribution in [0.15, 0.2) is 29.4 Å². The van der Waals surface area contributed by atoms with E-state index in [1.807, 2.05) is 25.8 Å². The van der Waals surface area contributed by atoms with Crippen molar-refractivity contribution < 1.29 is 4.79 Å². The van der Waals surface area contributed by atoms with Crippen LogP contribution in [0.2, 0.25) is 0 Å². The third-order valence-corrected chi connectivity index (χ3v) is 1.14. The molecule has 0 unspecified atom stereocenters. The summed E-state index contributed by atoms with van der Waals surface area (Å²) in [4.78, 5) is 17.9. The van der Waals surface area contributed by atoms with Crippen molar-refractivity contribution in [3.63, 3.8) is 0 Å². The minimum Gasteiger partial charge on any atom is -0.307 e. The topological polar surface area (TPSA) is 46.5 Å². The molecule has 0 N–H and O–H groups in total. The predicted octanol–water partition coefficient (Wildman–Crippen LogP) is 2.21. The van der Waals surface area contributed by atoms with Crippen LogP contribution >= 0.6 is 0 Å². The second-order valence-electron chi connectivity index (χ2n) is 1.93. The Hall–Kier alpha value is -1.51. The fourth-order valence-corrected chi connectivity index (χ4v) is 0.606. The van der Waals surface area contributed by atoms with E-state index in [4.69, 9.17) is 4.79 Å². The van der Waals surface area contributed by atoms with E-state index >= 15 is 0 Å². The van der Waals surface area contributed by atoms with Crippen molar-refractivity contribution in [3.05, 3.63) is 34.7 Å². The monoisotopic (exact) mass is 151 g/mol. The molecule has 0 heterocycles. The van der Waals surface area contributed by atoms with Crippen LogP contribution < -0.4 is 0 Å². The Balaban J connectivity index is 0.000000461. The van der Waals surface area contributed by atoms with Gasteiger partial charge < -0.3 is 4.79 Å². The van der Waals surface area contributed by atoms with Crippen LogP contribution in [0.5, 0.6) is 0 Å². The number of carbonyl (C=O) groups excluding carboxylic acids is 1. The van der Waals surface area contributed by atoms with Gasteiger partial charge in [0, 0.05) is 0 Å². The van der Waals surface area contributed by atoms with E-state index in [1.165, 1.54) is 0 Å². The van der Waals surface area contributed by atoms with Crippen LogP contribution in [0.4, 0.5) is 5.69 Å². The van der Waals surface area contributed by atoms with E-state index in [9.17, 15) is 4.91 Å². The maximum absolute atomic E-state index is 9.87. The van der Waals surface area contributed by atoms with E-state index in [0.717, 1.165) is 5.56 Å². The average molecular weight is 151 g/mol. The number of hydrogen-bond donors (Lipinski definition) is 0. The smallest absolute Gasteiger partial charge is 0.108 e. The summed E-state index contributed by atoms with van der Waals surface area (Å²) >= 11 is 0. The van der Waals surface area contributed by atoms with Crippen molar-refractivity contribution in [1.29, 1.82) is 0 Å². The summed E-state index contributed by atoms with van der Waals surface area (Å²) in [7, 11) is 0. The summed E-state index contributed by atoms with van der Waals surface area (Å²) in [5.41, 5.74) is 1.63. The van der Waals surface area contributed by atoms with Gasteiger partial charge in [0.25, 0.3) is 0 Å². The number of hydrogen-bond acceptors (Lipinski definition) is 3. The molecule has 1 aromatic carbocycles. The molecule has 0 amide bonds. The Morgan fingerprint density at radius 2 is 1.64 bits per heavy atom. The van der Waals surface area contributed by atoms with Gasteiger partial charge in [-0.15, -0.1) is 4.91 Å². The maximum atomic E-state index is 9.87. The second-order valence-corrected chi connectivity index (χ2v) is 1.93. The van der Waals surface area contributed by atoms with Crippen LogP contribution in [0, 0.1) is 11.8 Å². The minimum absolute atomic E-state index is 0.487. The molecule has 3 heteroatoms. The molecule has 0 bridgehead atoms. The van der Waals surface area contributed by atoms with Gasteiger partial charge in [0.05, 0.1) is 0 Å². The number of rotatable bonds is 1. The number of nitroso groups, excluding NO2 is 1. The number of aryl methyl sites for hydroxylation is 1. The zero-order chi connectivity index (χ0) is 8.69. The molecule has 3 nitrogen and oxygen atoms in total. The highest BCUT2D eigenvalue weighted by molar-refractivity contribution is 5.37. The van der Waals surface area contributed by atoms with Gasteiger partial charge >= 0.3 is 0 Å². The molecular formula is C8H9NO2. The summed E-state index contributed by atoms with van der Waals surface area (Å²) in [5.74, 6) is 0. The zero-order valence-corrected chi connectivity index (χ0v) is 6.28. The third-order valence-electron chi connectivity index (χ3n) is 1.14. The molecule has 0 saturated carbocycles. The Morgan fingerprint density at radius 1 is 1.18 bits per heavy atom. The Morgan fingerprint density at radius 3 is 2.00 bits per heavy atom. The van der Waals surface area contributed by atoms with Gasteiger partial charge in [-0.2, -0.15) is 0 Å². The fourth-order valence-electron chi connectivity index (χ4n) is 0.606. The zero-order valence-electron chi connectivity index (χ0n) is 6.28. The highest BCUT2D eigenvalue weighted by Gasteiger charge is 1.86. The molecule has 0 fully saturated rings. The lowest BCUT2D eigenvalue weighted by Crippen LogP contribution is -1.66. The average Bonchev–Trinajstić information content (AvgIpc) is 2.10. The van der Waals surface area contributed by atoms with Gasteiger partial charge in [0.2, 0.25) is 0 Å².